The van der Waals surface area contributed by atoms with Crippen molar-refractivity contribution in [3.63, 3.8) is 0 Å². The van der Waals surface area contributed by atoms with Crippen LogP contribution in [-0.4, -0.2) is 21.8 Å². The van der Waals surface area contributed by atoms with Crippen molar-refractivity contribution in [1.29, 1.82) is 0 Å². The van der Waals surface area contributed by atoms with Crippen LogP contribution in [-0.2, 0) is 0 Å². The molecular weight excluding hydrogens is 364 g/mol. The van der Waals surface area contributed by atoms with Gasteiger partial charge in [-0.25, -0.2) is 4.98 Å². The van der Waals surface area contributed by atoms with E-state index < -0.39 is 11.8 Å². The van der Waals surface area contributed by atoms with Gasteiger partial charge >= 0.3 is 0 Å². The molecule has 142 valence electrons. The van der Waals surface area contributed by atoms with Gasteiger partial charge in [-0.3, -0.25) is 25.4 Å². The van der Waals surface area contributed by atoms with Crippen LogP contribution in [0, 0.1) is 6.92 Å². The van der Waals surface area contributed by atoms with E-state index in [0.717, 1.165) is 11.1 Å². The van der Waals surface area contributed by atoms with Crippen molar-refractivity contribution in [2.45, 2.75) is 6.92 Å². The zero-order chi connectivity index (χ0) is 20.2. The highest BCUT2D eigenvalue weighted by molar-refractivity contribution is 6.08. The number of carbonyl (C=O) groups excluding carboxylic acids is 2. The minimum Gasteiger partial charge on any atom is -0.267 e. The zero-order valence-electron chi connectivity index (χ0n) is 15.7. The largest absolute Gasteiger partial charge is 0.270 e. The number of rotatable bonds is 3. The van der Waals surface area contributed by atoms with Crippen molar-refractivity contribution in [3.05, 3.63) is 95.8 Å². The Hall–Kier alpha value is -4.06. The van der Waals surface area contributed by atoms with Gasteiger partial charge < -0.3 is 0 Å². The summed E-state index contributed by atoms with van der Waals surface area (Å²) in [5.74, 6) is -0.836. The number of nitrogens with zero attached hydrogens (tertiary/aromatic N) is 2. The first-order valence-corrected chi connectivity index (χ1v) is 9.09. The summed E-state index contributed by atoms with van der Waals surface area (Å²) < 4.78 is 0. The summed E-state index contributed by atoms with van der Waals surface area (Å²) in [5, 5.41) is 0.707. The Bertz CT molecular complexity index is 1190. The van der Waals surface area contributed by atoms with Gasteiger partial charge in [-0.15, -0.1) is 0 Å². The summed E-state index contributed by atoms with van der Waals surface area (Å²) in [5.41, 5.74) is 9.22. The molecule has 0 saturated carbocycles. The van der Waals surface area contributed by atoms with Crippen LogP contribution in [0.2, 0.25) is 0 Å². The third-order valence-electron chi connectivity index (χ3n) is 4.54. The van der Waals surface area contributed by atoms with Crippen molar-refractivity contribution in [2.75, 3.05) is 0 Å². The quantitative estimate of drug-likeness (QED) is 0.530. The van der Waals surface area contributed by atoms with E-state index in [9.17, 15) is 9.59 Å². The van der Waals surface area contributed by atoms with Crippen molar-refractivity contribution in [1.82, 2.24) is 20.8 Å². The highest BCUT2D eigenvalue weighted by atomic mass is 16.2. The molecule has 0 atom stereocenters. The average Bonchev–Trinajstić information content (AvgIpc) is 2.77. The average molecular weight is 382 g/mol. The number of aryl methyl sites for hydroxylation is 1. The minimum atomic E-state index is -0.419. The van der Waals surface area contributed by atoms with Crippen molar-refractivity contribution < 1.29 is 9.59 Å². The maximum Gasteiger partial charge on any atom is 0.270 e. The van der Waals surface area contributed by atoms with E-state index in [4.69, 9.17) is 0 Å². The molecule has 2 heterocycles. The van der Waals surface area contributed by atoms with Crippen LogP contribution in [0.5, 0.6) is 0 Å². The molecule has 2 aromatic heterocycles. The highest BCUT2D eigenvalue weighted by Crippen LogP contribution is 2.25. The van der Waals surface area contributed by atoms with Crippen LogP contribution < -0.4 is 10.9 Å². The maximum absolute atomic E-state index is 12.9. The first kappa shape index (κ1) is 18.3. The third-order valence-corrected chi connectivity index (χ3v) is 4.54. The number of hydrogen-bond donors (Lipinski definition) is 2. The normalized spacial score (nSPS) is 10.5. The summed E-state index contributed by atoms with van der Waals surface area (Å²) in [7, 11) is 0. The van der Waals surface area contributed by atoms with Gasteiger partial charge in [0, 0.05) is 28.9 Å². The molecule has 0 unspecified atom stereocenters. The van der Waals surface area contributed by atoms with Crippen LogP contribution in [0.15, 0.2) is 79.1 Å². The van der Waals surface area contributed by atoms with Gasteiger partial charge in [0.25, 0.3) is 11.8 Å². The molecule has 0 fully saturated rings. The van der Waals surface area contributed by atoms with E-state index in [-0.39, 0.29) is 0 Å². The summed E-state index contributed by atoms with van der Waals surface area (Å²) in [6, 6.07) is 20.2. The Morgan fingerprint density at radius 1 is 0.828 bits per heavy atom. The van der Waals surface area contributed by atoms with E-state index in [1.807, 2.05) is 55.5 Å². The molecule has 6 nitrogen and oxygen atoms in total. The molecule has 0 aliphatic rings. The number of pyridine rings is 2. The number of benzene rings is 2. The zero-order valence-corrected chi connectivity index (χ0v) is 15.7. The molecule has 0 bridgehead atoms. The lowest BCUT2D eigenvalue weighted by atomic mass is 10.0. The Balaban J connectivity index is 1.65. The van der Waals surface area contributed by atoms with E-state index >= 15 is 0 Å². The maximum atomic E-state index is 12.9. The molecule has 0 radical (unpaired) electrons. The van der Waals surface area contributed by atoms with Gasteiger partial charge in [-0.1, -0.05) is 48.0 Å². The topological polar surface area (TPSA) is 84.0 Å². The summed E-state index contributed by atoms with van der Waals surface area (Å²) >= 11 is 0. The second-order valence-corrected chi connectivity index (χ2v) is 6.58. The number of para-hydroxylation sites is 1. The Morgan fingerprint density at radius 2 is 1.52 bits per heavy atom. The first-order valence-electron chi connectivity index (χ1n) is 9.09. The molecule has 0 aliphatic heterocycles. The molecular formula is C23H18N4O2. The second kappa shape index (κ2) is 7.90. The fourth-order valence-electron chi connectivity index (χ4n) is 2.99. The Labute approximate surface area is 167 Å². The second-order valence-electron chi connectivity index (χ2n) is 6.58. The van der Waals surface area contributed by atoms with E-state index in [1.54, 1.807) is 18.2 Å². The number of hydrogen-bond acceptors (Lipinski definition) is 4. The molecule has 0 aliphatic carbocycles. The van der Waals surface area contributed by atoms with Crippen LogP contribution in [0.3, 0.4) is 0 Å². The van der Waals surface area contributed by atoms with Crippen molar-refractivity contribution >= 4 is 22.7 Å². The number of aromatic nitrogens is 2. The number of nitrogens with one attached hydrogen (secondary N) is 2. The smallest absolute Gasteiger partial charge is 0.267 e. The predicted molar refractivity (Wildman–Crippen MR) is 111 cm³/mol. The lowest BCUT2D eigenvalue weighted by molar-refractivity contribution is 0.0847. The number of carbonyl (C=O) groups is 2. The first-order chi connectivity index (χ1) is 14.1. The van der Waals surface area contributed by atoms with Gasteiger partial charge in [0.05, 0.1) is 16.8 Å². The van der Waals surface area contributed by atoms with Gasteiger partial charge in [-0.05, 0) is 31.2 Å². The molecule has 4 aromatic rings. The molecule has 4 rings (SSSR count). The molecule has 0 saturated heterocycles. The van der Waals surface area contributed by atoms with Crippen molar-refractivity contribution in [2.24, 2.45) is 0 Å². The molecule has 6 heteroatoms. The summed E-state index contributed by atoms with van der Waals surface area (Å²) in [6.45, 7) is 2.02. The number of amides is 2. The summed E-state index contributed by atoms with van der Waals surface area (Å²) in [6.07, 6.45) is 3.03. The fourth-order valence-corrected chi connectivity index (χ4v) is 2.99. The highest BCUT2D eigenvalue weighted by Gasteiger charge is 2.15. The SMILES string of the molecule is Cc1ccc(-c2cc(C(=O)NNC(=O)c3ccncc3)c3ccccc3n2)cc1. The van der Waals surface area contributed by atoms with Crippen LogP contribution in [0.25, 0.3) is 22.2 Å². The molecule has 29 heavy (non-hydrogen) atoms. The Morgan fingerprint density at radius 3 is 2.28 bits per heavy atom. The van der Waals surface area contributed by atoms with Crippen LogP contribution >= 0.6 is 0 Å². The number of fused-ring (bicyclic) bond motifs is 1. The van der Waals surface area contributed by atoms with Gasteiger partial charge in [-0.2, -0.15) is 0 Å². The third kappa shape index (κ3) is 3.96. The lowest BCUT2D eigenvalue weighted by Gasteiger charge is -2.11. The molecule has 2 aromatic carbocycles. The summed E-state index contributed by atoms with van der Waals surface area (Å²) in [4.78, 5) is 33.6. The molecule has 2 amide bonds. The Kier molecular flexibility index (Phi) is 4.99. The monoisotopic (exact) mass is 382 g/mol. The molecule has 0 spiro atoms. The lowest BCUT2D eigenvalue weighted by Crippen LogP contribution is -2.41. The van der Waals surface area contributed by atoms with Crippen LogP contribution in [0.1, 0.15) is 26.3 Å². The number of hydrazine groups is 1. The van der Waals surface area contributed by atoms with Gasteiger partial charge in [0.2, 0.25) is 0 Å². The predicted octanol–water partition coefficient (Wildman–Crippen LogP) is 3.68. The van der Waals surface area contributed by atoms with Crippen molar-refractivity contribution in [3.8, 4) is 11.3 Å². The van der Waals surface area contributed by atoms with Gasteiger partial charge in [0.1, 0.15) is 0 Å². The van der Waals surface area contributed by atoms with E-state index in [0.29, 0.717) is 27.7 Å². The minimum absolute atomic E-state index is 0.403. The fraction of sp³-hybridized carbons (Fsp3) is 0.0435. The van der Waals surface area contributed by atoms with Crippen LogP contribution in [0.4, 0.5) is 0 Å². The van der Waals surface area contributed by atoms with E-state index in [1.165, 1.54) is 12.4 Å². The van der Waals surface area contributed by atoms with Gasteiger partial charge in [0.15, 0.2) is 0 Å². The standard InChI is InChI=1S/C23H18N4O2/c1-15-6-8-16(9-7-15)21-14-19(18-4-2-3-5-20(18)25-21)23(29)27-26-22(28)17-10-12-24-13-11-17/h2-14H,1H3,(H,26,28)(H,27,29). The molecule has 2 N–H and O–H groups in total. The van der Waals surface area contributed by atoms with E-state index in [2.05, 4.69) is 20.8 Å².